The molecule has 1 N–H and O–H groups in total. The zero-order chi connectivity index (χ0) is 16.6. The Morgan fingerprint density at radius 1 is 1.08 bits per heavy atom. The molecule has 7 heteroatoms. The van der Waals surface area contributed by atoms with Gasteiger partial charge in [-0.2, -0.15) is 0 Å². The van der Waals surface area contributed by atoms with Crippen molar-refractivity contribution in [2.75, 3.05) is 5.32 Å². The van der Waals surface area contributed by atoms with Crippen molar-refractivity contribution in [3.05, 3.63) is 42.4 Å². The van der Waals surface area contributed by atoms with Crippen LogP contribution in [0.15, 0.2) is 36.7 Å². The lowest BCUT2D eigenvalue weighted by Gasteiger charge is -2.36. The number of ether oxygens (including phenoxy) is 1. The number of anilines is 1. The topological polar surface area (TPSA) is 59.9 Å². The number of thiazole rings is 1. The van der Waals surface area contributed by atoms with Crippen LogP contribution < -0.4 is 10.1 Å². The van der Waals surface area contributed by atoms with E-state index in [1.54, 1.807) is 23.7 Å². The summed E-state index contributed by atoms with van der Waals surface area (Å²) in [7, 11) is 0. The second-order valence-electron chi connectivity index (χ2n) is 6.91. The summed E-state index contributed by atoms with van der Waals surface area (Å²) in [6.07, 6.45) is 9.41. The van der Waals surface area contributed by atoms with Gasteiger partial charge in [-0.1, -0.05) is 29.9 Å². The molecule has 2 aliphatic rings. The van der Waals surface area contributed by atoms with Gasteiger partial charge in [-0.3, -0.25) is 4.98 Å². The Morgan fingerprint density at radius 2 is 1.88 bits per heavy atom. The van der Waals surface area contributed by atoms with E-state index in [1.807, 2.05) is 6.07 Å². The van der Waals surface area contributed by atoms with Crippen LogP contribution in [0.4, 0.5) is 5.13 Å². The van der Waals surface area contributed by atoms with E-state index in [9.17, 15) is 0 Å². The molecule has 2 heterocycles. The number of benzene rings is 1. The SMILES string of the molecule is Cl.c1ccc2sc(NC3CC(Oc4nccnc4C4CCC4)C3)nc2c1. The molecule has 0 unspecified atom stereocenters. The molecule has 0 spiro atoms. The fourth-order valence-electron chi connectivity index (χ4n) is 3.43. The summed E-state index contributed by atoms with van der Waals surface area (Å²) in [6.45, 7) is 0. The highest BCUT2D eigenvalue weighted by Gasteiger charge is 2.33. The third-order valence-corrected chi connectivity index (χ3v) is 6.15. The molecule has 1 aromatic carbocycles. The summed E-state index contributed by atoms with van der Waals surface area (Å²) >= 11 is 1.71. The summed E-state index contributed by atoms with van der Waals surface area (Å²) in [5.41, 5.74) is 2.11. The van der Waals surface area contributed by atoms with Gasteiger partial charge in [0.15, 0.2) is 5.13 Å². The van der Waals surface area contributed by atoms with Crippen LogP contribution in [0, 0.1) is 0 Å². The standard InChI is InChI=1S/C19H20N4OS.ClH/c1-2-7-16-15(6-1)23-19(25-16)22-13-10-14(11-13)24-18-17(12-4-3-5-12)20-8-9-21-18;/h1-2,6-9,12-14H,3-5,10-11H2,(H,22,23);1H. The van der Waals surface area contributed by atoms with Crippen molar-refractivity contribution >= 4 is 39.1 Å². The Morgan fingerprint density at radius 3 is 2.65 bits per heavy atom. The van der Waals surface area contributed by atoms with Gasteiger partial charge in [0.05, 0.1) is 10.2 Å². The first-order chi connectivity index (χ1) is 12.3. The molecule has 3 aromatic rings. The molecule has 26 heavy (non-hydrogen) atoms. The first-order valence-electron chi connectivity index (χ1n) is 8.95. The highest BCUT2D eigenvalue weighted by atomic mass is 35.5. The molecule has 2 fully saturated rings. The molecule has 5 nitrogen and oxygen atoms in total. The van der Waals surface area contributed by atoms with Gasteiger partial charge in [0, 0.05) is 37.2 Å². The van der Waals surface area contributed by atoms with Crippen molar-refractivity contribution < 1.29 is 4.74 Å². The van der Waals surface area contributed by atoms with Gasteiger partial charge in [-0.25, -0.2) is 9.97 Å². The maximum atomic E-state index is 6.13. The molecule has 0 saturated heterocycles. The summed E-state index contributed by atoms with van der Waals surface area (Å²) in [6, 6.07) is 8.67. The van der Waals surface area contributed by atoms with Crippen LogP contribution in [-0.2, 0) is 0 Å². The predicted molar refractivity (Wildman–Crippen MR) is 107 cm³/mol. The lowest BCUT2D eigenvalue weighted by molar-refractivity contribution is 0.0993. The number of fused-ring (bicyclic) bond motifs is 1. The van der Waals surface area contributed by atoms with E-state index in [-0.39, 0.29) is 18.5 Å². The van der Waals surface area contributed by atoms with Gasteiger partial charge in [-0.05, 0) is 25.0 Å². The molecule has 2 aliphatic carbocycles. The minimum atomic E-state index is 0. The van der Waals surface area contributed by atoms with Crippen LogP contribution in [0.3, 0.4) is 0 Å². The van der Waals surface area contributed by atoms with Gasteiger partial charge < -0.3 is 10.1 Å². The number of nitrogens with zero attached hydrogens (tertiary/aromatic N) is 3. The van der Waals surface area contributed by atoms with Crippen LogP contribution in [0.25, 0.3) is 10.2 Å². The van der Waals surface area contributed by atoms with Crippen molar-refractivity contribution in [2.45, 2.75) is 50.2 Å². The van der Waals surface area contributed by atoms with E-state index in [0.717, 1.165) is 35.1 Å². The number of aromatic nitrogens is 3. The largest absolute Gasteiger partial charge is 0.473 e. The maximum absolute atomic E-state index is 6.13. The maximum Gasteiger partial charge on any atom is 0.236 e. The number of para-hydroxylation sites is 1. The number of hydrogen-bond donors (Lipinski definition) is 1. The number of rotatable bonds is 5. The Labute approximate surface area is 162 Å². The zero-order valence-electron chi connectivity index (χ0n) is 14.3. The first-order valence-corrected chi connectivity index (χ1v) is 9.76. The fourth-order valence-corrected chi connectivity index (χ4v) is 4.38. The van der Waals surface area contributed by atoms with Crippen molar-refractivity contribution in [3.8, 4) is 5.88 Å². The first kappa shape index (κ1) is 17.5. The highest BCUT2D eigenvalue weighted by molar-refractivity contribution is 7.22. The number of hydrogen-bond acceptors (Lipinski definition) is 6. The molecule has 2 saturated carbocycles. The molecule has 5 rings (SSSR count). The molecular formula is C19H21ClN4OS. The van der Waals surface area contributed by atoms with Crippen LogP contribution in [0.2, 0.25) is 0 Å². The smallest absolute Gasteiger partial charge is 0.236 e. The van der Waals surface area contributed by atoms with Gasteiger partial charge in [-0.15, -0.1) is 12.4 Å². The molecule has 2 aromatic heterocycles. The van der Waals surface area contributed by atoms with Gasteiger partial charge in [0.25, 0.3) is 0 Å². The van der Waals surface area contributed by atoms with Crippen LogP contribution in [0.5, 0.6) is 5.88 Å². The van der Waals surface area contributed by atoms with E-state index < -0.39 is 0 Å². The molecule has 0 bridgehead atoms. The third kappa shape index (κ3) is 3.35. The van der Waals surface area contributed by atoms with Crippen LogP contribution in [0.1, 0.15) is 43.7 Å². The van der Waals surface area contributed by atoms with E-state index in [2.05, 4.69) is 38.5 Å². The fraction of sp³-hybridized carbons (Fsp3) is 0.421. The van der Waals surface area contributed by atoms with E-state index in [0.29, 0.717) is 12.0 Å². The Balaban J connectivity index is 0.00000168. The van der Waals surface area contributed by atoms with E-state index in [4.69, 9.17) is 4.74 Å². The average Bonchev–Trinajstić information content (AvgIpc) is 2.95. The zero-order valence-corrected chi connectivity index (χ0v) is 15.9. The van der Waals surface area contributed by atoms with E-state index in [1.165, 1.54) is 24.0 Å². The summed E-state index contributed by atoms with van der Waals surface area (Å²) in [4.78, 5) is 13.6. The molecule has 0 atom stereocenters. The second-order valence-corrected chi connectivity index (χ2v) is 7.94. The van der Waals surface area contributed by atoms with Crippen LogP contribution >= 0.6 is 23.7 Å². The Kier molecular flexibility index (Phi) is 4.96. The highest BCUT2D eigenvalue weighted by Crippen LogP contribution is 2.40. The lowest BCUT2D eigenvalue weighted by atomic mass is 9.83. The van der Waals surface area contributed by atoms with Gasteiger partial charge >= 0.3 is 0 Å². The summed E-state index contributed by atoms with van der Waals surface area (Å²) in [5.74, 6) is 1.29. The second kappa shape index (κ2) is 7.37. The van der Waals surface area contributed by atoms with E-state index >= 15 is 0 Å². The molecule has 0 radical (unpaired) electrons. The number of nitrogens with one attached hydrogen (secondary N) is 1. The monoisotopic (exact) mass is 388 g/mol. The summed E-state index contributed by atoms with van der Waals surface area (Å²) < 4.78 is 7.36. The van der Waals surface area contributed by atoms with Crippen LogP contribution in [-0.4, -0.2) is 27.1 Å². The Bertz CT molecular complexity index is 859. The predicted octanol–water partition coefficient (Wildman–Crippen LogP) is 4.80. The third-order valence-electron chi connectivity index (χ3n) is 5.18. The molecule has 0 amide bonds. The number of halogens is 1. The Hall–Kier alpha value is -1.92. The molecule has 136 valence electrons. The molecule has 0 aliphatic heterocycles. The summed E-state index contributed by atoms with van der Waals surface area (Å²) in [5, 5.41) is 4.53. The van der Waals surface area contributed by atoms with Gasteiger partial charge in [0.2, 0.25) is 5.88 Å². The van der Waals surface area contributed by atoms with Crippen molar-refractivity contribution in [1.82, 2.24) is 15.0 Å². The average molecular weight is 389 g/mol. The van der Waals surface area contributed by atoms with Crippen molar-refractivity contribution in [1.29, 1.82) is 0 Å². The lowest BCUT2D eigenvalue weighted by Crippen LogP contribution is -2.42. The van der Waals surface area contributed by atoms with Gasteiger partial charge in [0.1, 0.15) is 11.8 Å². The minimum Gasteiger partial charge on any atom is -0.473 e. The van der Waals surface area contributed by atoms with Crippen molar-refractivity contribution in [3.63, 3.8) is 0 Å². The quantitative estimate of drug-likeness (QED) is 0.680. The minimum absolute atomic E-state index is 0. The van der Waals surface area contributed by atoms with Crippen molar-refractivity contribution in [2.24, 2.45) is 0 Å². The molecular weight excluding hydrogens is 368 g/mol. The normalized spacial score (nSPS) is 22.2.